The minimum absolute atomic E-state index is 0.195. The molecule has 0 saturated heterocycles. The largest absolute Gasteiger partial charge is 0.495 e. The highest BCUT2D eigenvalue weighted by atomic mass is 35.5. The fourth-order valence-electron chi connectivity index (χ4n) is 3.89. The number of carbonyl (C=O) groups is 1. The van der Waals surface area contributed by atoms with E-state index in [-0.39, 0.29) is 18.1 Å². The van der Waals surface area contributed by atoms with Gasteiger partial charge < -0.3 is 14.8 Å². The van der Waals surface area contributed by atoms with Crippen LogP contribution in [0.15, 0.2) is 42.5 Å². The number of rotatable bonds is 7. The van der Waals surface area contributed by atoms with Crippen molar-refractivity contribution in [3.8, 4) is 22.8 Å². The number of amides is 1. The lowest BCUT2D eigenvalue weighted by atomic mass is 10.1. The molecule has 2 heterocycles. The summed E-state index contributed by atoms with van der Waals surface area (Å²) in [4.78, 5) is 17.4. The van der Waals surface area contributed by atoms with Crippen LogP contribution in [0.25, 0.3) is 16.9 Å². The Bertz CT molecular complexity index is 1390. The van der Waals surface area contributed by atoms with Crippen LogP contribution < -0.4 is 14.8 Å². The molecule has 0 radical (unpaired) electrons. The summed E-state index contributed by atoms with van der Waals surface area (Å²) in [6.45, 7) is 3.84. The van der Waals surface area contributed by atoms with Crippen LogP contribution in [0.2, 0.25) is 5.02 Å². The van der Waals surface area contributed by atoms with E-state index in [1.54, 1.807) is 28.8 Å². The quantitative estimate of drug-likeness (QED) is 0.382. The Morgan fingerprint density at radius 3 is 2.59 bits per heavy atom. The van der Waals surface area contributed by atoms with E-state index in [4.69, 9.17) is 21.1 Å². The first kappa shape index (κ1) is 23.5. The molecular weight excluding hydrogens is 459 g/mol. The highest BCUT2D eigenvalue weighted by molar-refractivity contribution is 6.32. The third-order valence-electron chi connectivity index (χ3n) is 5.63. The van der Waals surface area contributed by atoms with Crippen LogP contribution in [-0.2, 0) is 11.2 Å². The molecule has 0 spiro atoms. The van der Waals surface area contributed by atoms with Crippen LogP contribution in [0, 0.1) is 19.7 Å². The first-order valence-electron chi connectivity index (χ1n) is 10.6. The maximum absolute atomic E-state index is 13.6. The fourth-order valence-corrected chi connectivity index (χ4v) is 4.13. The molecule has 4 aromatic rings. The third-order valence-corrected chi connectivity index (χ3v) is 5.93. The molecule has 0 aliphatic rings. The van der Waals surface area contributed by atoms with Crippen LogP contribution in [0.3, 0.4) is 0 Å². The van der Waals surface area contributed by atoms with Crippen molar-refractivity contribution in [3.05, 3.63) is 70.3 Å². The molecule has 0 fully saturated rings. The number of aromatic nitrogens is 3. The van der Waals surface area contributed by atoms with Crippen molar-refractivity contribution in [2.75, 3.05) is 19.5 Å². The smallest absolute Gasteiger partial charge is 0.224 e. The van der Waals surface area contributed by atoms with Gasteiger partial charge in [0.1, 0.15) is 17.3 Å². The second kappa shape index (κ2) is 9.69. The molecule has 4 rings (SSSR count). The summed E-state index contributed by atoms with van der Waals surface area (Å²) in [7, 11) is 3.02. The van der Waals surface area contributed by atoms with E-state index >= 15 is 0 Å². The zero-order chi connectivity index (χ0) is 24.4. The van der Waals surface area contributed by atoms with Gasteiger partial charge in [-0.15, -0.1) is 0 Å². The van der Waals surface area contributed by atoms with Gasteiger partial charge >= 0.3 is 0 Å². The number of hydrogen-bond acceptors (Lipinski definition) is 5. The van der Waals surface area contributed by atoms with E-state index in [0.29, 0.717) is 45.5 Å². The number of ether oxygens (including phenoxy) is 2. The number of methoxy groups -OCH3 is 2. The van der Waals surface area contributed by atoms with Gasteiger partial charge in [0.25, 0.3) is 0 Å². The summed E-state index contributed by atoms with van der Waals surface area (Å²) in [5.41, 5.74) is 5.06. The molecule has 0 atom stereocenters. The highest BCUT2D eigenvalue weighted by Gasteiger charge is 2.16. The Morgan fingerprint density at radius 2 is 1.88 bits per heavy atom. The summed E-state index contributed by atoms with van der Waals surface area (Å²) < 4.78 is 25.9. The molecule has 176 valence electrons. The zero-order valence-electron chi connectivity index (χ0n) is 19.3. The van der Waals surface area contributed by atoms with E-state index in [0.717, 1.165) is 17.0 Å². The van der Waals surface area contributed by atoms with Crippen molar-refractivity contribution < 1.29 is 18.7 Å². The van der Waals surface area contributed by atoms with Crippen molar-refractivity contribution in [3.63, 3.8) is 0 Å². The molecule has 9 heteroatoms. The number of carbonyl (C=O) groups excluding carboxylic acids is 1. The Labute approximate surface area is 201 Å². The molecule has 0 saturated carbocycles. The molecule has 0 bridgehead atoms. The molecule has 0 aliphatic carbocycles. The molecule has 2 aromatic carbocycles. The number of hydrogen-bond donors (Lipinski definition) is 1. The van der Waals surface area contributed by atoms with Gasteiger partial charge in [-0.3, -0.25) is 4.79 Å². The summed E-state index contributed by atoms with van der Waals surface area (Å²) in [5.74, 6) is 0.390. The minimum Gasteiger partial charge on any atom is -0.495 e. The molecule has 34 heavy (non-hydrogen) atoms. The number of fused-ring (bicyclic) bond motifs is 1. The van der Waals surface area contributed by atoms with E-state index in [9.17, 15) is 9.18 Å². The lowest BCUT2D eigenvalue weighted by Gasteiger charge is -2.14. The van der Waals surface area contributed by atoms with Crippen molar-refractivity contribution in [2.24, 2.45) is 0 Å². The maximum atomic E-state index is 13.6. The fraction of sp³-hybridized carbons (Fsp3) is 0.240. The van der Waals surface area contributed by atoms with Gasteiger partial charge in [0.2, 0.25) is 5.91 Å². The zero-order valence-corrected chi connectivity index (χ0v) is 20.0. The Morgan fingerprint density at radius 1 is 1.12 bits per heavy atom. The Balaban J connectivity index is 1.54. The molecule has 0 unspecified atom stereocenters. The Hall–Kier alpha value is -3.65. The average molecular weight is 483 g/mol. The minimum atomic E-state index is -0.322. The van der Waals surface area contributed by atoms with E-state index < -0.39 is 0 Å². The van der Waals surface area contributed by atoms with Crippen LogP contribution in [-0.4, -0.2) is 34.7 Å². The number of nitrogens with one attached hydrogen (secondary N) is 1. The van der Waals surface area contributed by atoms with Gasteiger partial charge in [-0.1, -0.05) is 23.7 Å². The average Bonchev–Trinajstić information content (AvgIpc) is 3.23. The number of nitrogens with zero attached hydrogens (tertiary/aromatic N) is 3. The summed E-state index contributed by atoms with van der Waals surface area (Å²) in [5, 5.41) is 7.83. The van der Waals surface area contributed by atoms with Gasteiger partial charge in [-0.2, -0.15) is 5.10 Å². The van der Waals surface area contributed by atoms with Gasteiger partial charge in [-0.25, -0.2) is 13.9 Å². The van der Waals surface area contributed by atoms with Gasteiger partial charge in [0, 0.05) is 35.5 Å². The van der Waals surface area contributed by atoms with E-state index in [2.05, 4.69) is 15.4 Å². The first-order valence-corrected chi connectivity index (χ1v) is 11.0. The predicted octanol–water partition coefficient (Wildman–Crippen LogP) is 5.39. The molecular formula is C25H24ClFN4O3. The second-order valence-corrected chi connectivity index (χ2v) is 8.21. The normalized spacial score (nSPS) is 11.0. The number of halogens is 2. The molecule has 2 aromatic heterocycles. The lowest BCUT2D eigenvalue weighted by Crippen LogP contribution is -2.15. The van der Waals surface area contributed by atoms with Crippen molar-refractivity contribution in [2.45, 2.75) is 26.7 Å². The molecule has 7 nitrogen and oxygen atoms in total. The number of benzene rings is 2. The highest BCUT2D eigenvalue weighted by Crippen LogP contribution is 2.36. The van der Waals surface area contributed by atoms with Gasteiger partial charge in [0.05, 0.1) is 30.6 Å². The maximum Gasteiger partial charge on any atom is 0.224 e. The Kier molecular flexibility index (Phi) is 6.70. The van der Waals surface area contributed by atoms with Crippen LogP contribution in [0.4, 0.5) is 10.1 Å². The van der Waals surface area contributed by atoms with Gasteiger partial charge in [0.15, 0.2) is 5.65 Å². The lowest BCUT2D eigenvalue weighted by molar-refractivity contribution is -0.116. The van der Waals surface area contributed by atoms with Crippen molar-refractivity contribution >= 4 is 28.8 Å². The first-order chi connectivity index (χ1) is 16.3. The van der Waals surface area contributed by atoms with Crippen LogP contribution in [0.1, 0.15) is 23.4 Å². The topological polar surface area (TPSA) is 77.8 Å². The van der Waals surface area contributed by atoms with Crippen LogP contribution in [0.5, 0.6) is 11.5 Å². The SMILES string of the molecule is COc1cc(OC)c(NC(=O)CCc2c(C)nc3cc(-c4cccc(F)c4)nn3c2C)cc1Cl. The summed E-state index contributed by atoms with van der Waals surface area (Å²) in [6, 6.07) is 11.3. The van der Waals surface area contributed by atoms with Crippen LogP contribution >= 0.6 is 11.6 Å². The number of anilines is 1. The third kappa shape index (κ3) is 4.68. The summed E-state index contributed by atoms with van der Waals surface area (Å²) in [6.07, 6.45) is 0.688. The molecule has 1 N–H and O–H groups in total. The van der Waals surface area contributed by atoms with E-state index in [1.807, 2.05) is 19.9 Å². The molecule has 0 aliphatic heterocycles. The van der Waals surface area contributed by atoms with Crippen molar-refractivity contribution in [1.82, 2.24) is 14.6 Å². The number of aryl methyl sites for hydroxylation is 2. The standard InChI is InChI=1S/C25H24ClFN4O3/c1-14-18(8-9-25(32)29-21-11-19(26)22(33-3)13-23(21)34-4)15(2)31-24(28-14)12-20(30-31)16-6-5-7-17(27)10-16/h5-7,10-13H,8-9H2,1-4H3,(H,29,32). The predicted molar refractivity (Wildman–Crippen MR) is 129 cm³/mol. The van der Waals surface area contributed by atoms with Gasteiger partial charge in [-0.05, 0) is 44.0 Å². The van der Waals surface area contributed by atoms with Crippen molar-refractivity contribution in [1.29, 1.82) is 0 Å². The summed E-state index contributed by atoms with van der Waals surface area (Å²) >= 11 is 6.20. The molecule has 1 amide bonds. The second-order valence-electron chi connectivity index (χ2n) is 7.81. The van der Waals surface area contributed by atoms with E-state index in [1.165, 1.54) is 26.4 Å². The monoisotopic (exact) mass is 482 g/mol.